The summed E-state index contributed by atoms with van der Waals surface area (Å²) < 4.78 is 5.02. The van der Waals surface area contributed by atoms with Gasteiger partial charge in [0.05, 0.1) is 11.5 Å². The van der Waals surface area contributed by atoms with Gasteiger partial charge in [-0.1, -0.05) is 0 Å². The Kier molecular flexibility index (Phi) is 5.44. The number of hydrogen-bond donors (Lipinski definition) is 0. The molecule has 0 heterocycles. The third kappa shape index (κ3) is 3.75. The van der Waals surface area contributed by atoms with E-state index in [-0.39, 0.29) is 11.7 Å². The molecule has 0 N–H and O–H groups in total. The van der Waals surface area contributed by atoms with E-state index in [4.69, 9.17) is 4.74 Å². The average Bonchev–Trinajstić information content (AvgIpc) is 2.38. The Balaban J connectivity index is 3.21. The van der Waals surface area contributed by atoms with E-state index in [1.165, 1.54) is 6.07 Å². The minimum atomic E-state index is -0.468. The molecule has 0 fully saturated rings. The summed E-state index contributed by atoms with van der Waals surface area (Å²) in [6.07, 6.45) is 0.603. The SMILES string of the molecule is COCCN(c1ccc(C=O)cc1[N+](=O)[O-])C(C)C. The highest BCUT2D eigenvalue weighted by Gasteiger charge is 2.21. The molecule has 0 saturated carbocycles. The molecule has 0 unspecified atom stereocenters. The van der Waals surface area contributed by atoms with Gasteiger partial charge < -0.3 is 9.64 Å². The largest absolute Gasteiger partial charge is 0.383 e. The number of hydrogen-bond acceptors (Lipinski definition) is 5. The van der Waals surface area contributed by atoms with Crippen LogP contribution in [-0.2, 0) is 4.74 Å². The molecule has 6 heteroatoms. The Morgan fingerprint density at radius 1 is 1.47 bits per heavy atom. The molecule has 0 spiro atoms. The molecule has 6 nitrogen and oxygen atoms in total. The molecule has 1 aromatic carbocycles. The molecular weight excluding hydrogens is 248 g/mol. The van der Waals surface area contributed by atoms with Crippen LogP contribution >= 0.6 is 0 Å². The van der Waals surface area contributed by atoms with Crippen LogP contribution in [0.4, 0.5) is 11.4 Å². The monoisotopic (exact) mass is 266 g/mol. The summed E-state index contributed by atoms with van der Waals surface area (Å²) in [4.78, 5) is 23.3. The highest BCUT2D eigenvalue weighted by atomic mass is 16.6. The molecule has 0 radical (unpaired) electrons. The van der Waals surface area contributed by atoms with Crippen LogP contribution in [0, 0.1) is 10.1 Å². The number of rotatable bonds is 7. The minimum Gasteiger partial charge on any atom is -0.383 e. The van der Waals surface area contributed by atoms with Gasteiger partial charge in [-0.3, -0.25) is 14.9 Å². The van der Waals surface area contributed by atoms with Gasteiger partial charge in [-0.25, -0.2) is 0 Å². The zero-order chi connectivity index (χ0) is 14.4. The van der Waals surface area contributed by atoms with Crippen LogP contribution in [0.15, 0.2) is 18.2 Å². The lowest BCUT2D eigenvalue weighted by Crippen LogP contribution is -2.34. The van der Waals surface area contributed by atoms with Crippen LogP contribution in [0.25, 0.3) is 0 Å². The first-order valence-electron chi connectivity index (χ1n) is 6.00. The van der Waals surface area contributed by atoms with Crippen molar-refractivity contribution in [3.63, 3.8) is 0 Å². The molecule has 1 rings (SSSR count). The first kappa shape index (κ1) is 15.1. The molecule has 0 aliphatic carbocycles. The molecular formula is C13H18N2O4. The molecule has 0 atom stereocenters. The number of nitrogens with zero attached hydrogens (tertiary/aromatic N) is 2. The summed E-state index contributed by atoms with van der Waals surface area (Å²) in [5.41, 5.74) is 0.739. The van der Waals surface area contributed by atoms with Crippen LogP contribution < -0.4 is 4.90 Å². The lowest BCUT2D eigenvalue weighted by atomic mass is 10.1. The van der Waals surface area contributed by atoms with E-state index in [0.29, 0.717) is 30.7 Å². The van der Waals surface area contributed by atoms with Gasteiger partial charge in [-0.05, 0) is 26.0 Å². The molecule has 0 amide bonds. The molecule has 0 saturated heterocycles. The van der Waals surface area contributed by atoms with E-state index in [0.717, 1.165) is 0 Å². The minimum absolute atomic E-state index is 0.0607. The van der Waals surface area contributed by atoms with Crippen LogP contribution in [0.2, 0.25) is 0 Å². The topological polar surface area (TPSA) is 72.7 Å². The van der Waals surface area contributed by atoms with Gasteiger partial charge in [0.25, 0.3) is 5.69 Å². The number of carbonyl (C=O) groups is 1. The summed E-state index contributed by atoms with van der Waals surface area (Å²) in [5, 5.41) is 11.1. The number of nitro groups is 1. The third-order valence-electron chi connectivity index (χ3n) is 2.80. The van der Waals surface area contributed by atoms with Crippen molar-refractivity contribution in [1.82, 2.24) is 0 Å². The number of aldehydes is 1. The fraction of sp³-hybridized carbons (Fsp3) is 0.462. The van der Waals surface area contributed by atoms with Gasteiger partial charge in [-0.15, -0.1) is 0 Å². The summed E-state index contributed by atoms with van der Waals surface area (Å²) in [7, 11) is 1.59. The first-order valence-corrected chi connectivity index (χ1v) is 6.00. The second kappa shape index (κ2) is 6.84. The molecule has 0 bridgehead atoms. The lowest BCUT2D eigenvalue weighted by Gasteiger charge is -2.28. The fourth-order valence-corrected chi connectivity index (χ4v) is 1.85. The predicted molar refractivity (Wildman–Crippen MR) is 72.8 cm³/mol. The summed E-state index contributed by atoms with van der Waals surface area (Å²) >= 11 is 0. The van der Waals surface area contributed by atoms with Gasteiger partial charge in [0, 0.05) is 31.3 Å². The van der Waals surface area contributed by atoms with E-state index in [2.05, 4.69) is 0 Å². The Morgan fingerprint density at radius 3 is 2.63 bits per heavy atom. The van der Waals surface area contributed by atoms with Crippen molar-refractivity contribution in [2.75, 3.05) is 25.2 Å². The maximum absolute atomic E-state index is 11.1. The van der Waals surface area contributed by atoms with Crippen LogP contribution in [0.5, 0.6) is 0 Å². The molecule has 19 heavy (non-hydrogen) atoms. The molecule has 104 valence electrons. The Morgan fingerprint density at radius 2 is 2.16 bits per heavy atom. The van der Waals surface area contributed by atoms with Crippen molar-refractivity contribution in [3.8, 4) is 0 Å². The molecule has 1 aromatic rings. The highest BCUT2D eigenvalue weighted by molar-refractivity contribution is 5.79. The number of methoxy groups -OCH3 is 1. The first-order chi connectivity index (χ1) is 9.01. The van der Waals surface area contributed by atoms with Crippen LogP contribution in [0.3, 0.4) is 0 Å². The van der Waals surface area contributed by atoms with Gasteiger partial charge in [-0.2, -0.15) is 0 Å². The van der Waals surface area contributed by atoms with Crippen LogP contribution in [0.1, 0.15) is 24.2 Å². The zero-order valence-corrected chi connectivity index (χ0v) is 11.3. The molecule has 0 aromatic heterocycles. The van der Waals surface area contributed by atoms with Crippen molar-refractivity contribution in [2.24, 2.45) is 0 Å². The number of benzene rings is 1. The Labute approximate surface area is 112 Å². The molecule has 0 aliphatic rings. The summed E-state index contributed by atoms with van der Waals surface area (Å²) in [6, 6.07) is 4.58. The smallest absolute Gasteiger partial charge is 0.293 e. The summed E-state index contributed by atoms with van der Waals surface area (Å²) in [5.74, 6) is 0. The van der Waals surface area contributed by atoms with Crippen molar-refractivity contribution < 1.29 is 14.5 Å². The third-order valence-corrected chi connectivity index (χ3v) is 2.80. The van der Waals surface area contributed by atoms with Crippen LogP contribution in [-0.4, -0.2) is 37.5 Å². The highest BCUT2D eigenvalue weighted by Crippen LogP contribution is 2.30. The number of nitro benzene ring substituents is 1. The maximum atomic E-state index is 11.1. The zero-order valence-electron chi connectivity index (χ0n) is 11.3. The van der Waals surface area contributed by atoms with E-state index in [1.807, 2.05) is 18.7 Å². The quantitative estimate of drug-likeness (QED) is 0.430. The second-order valence-electron chi connectivity index (χ2n) is 4.40. The lowest BCUT2D eigenvalue weighted by molar-refractivity contribution is -0.384. The van der Waals surface area contributed by atoms with Gasteiger partial charge in [0.1, 0.15) is 12.0 Å². The normalized spacial score (nSPS) is 10.5. The summed E-state index contributed by atoms with van der Waals surface area (Å²) in [6.45, 7) is 4.93. The van der Waals surface area contributed by atoms with E-state index < -0.39 is 4.92 Å². The Hall–Kier alpha value is -1.95. The van der Waals surface area contributed by atoms with Gasteiger partial charge >= 0.3 is 0 Å². The predicted octanol–water partition coefficient (Wildman–Crippen LogP) is 2.27. The van der Waals surface area contributed by atoms with E-state index >= 15 is 0 Å². The van der Waals surface area contributed by atoms with Gasteiger partial charge in [0.15, 0.2) is 0 Å². The maximum Gasteiger partial charge on any atom is 0.293 e. The van der Waals surface area contributed by atoms with Gasteiger partial charge in [0.2, 0.25) is 0 Å². The molecule has 0 aliphatic heterocycles. The number of ether oxygens (including phenoxy) is 1. The van der Waals surface area contributed by atoms with Crippen molar-refractivity contribution in [1.29, 1.82) is 0 Å². The number of anilines is 1. The van der Waals surface area contributed by atoms with Crippen molar-refractivity contribution in [3.05, 3.63) is 33.9 Å². The second-order valence-corrected chi connectivity index (χ2v) is 4.40. The average molecular weight is 266 g/mol. The fourth-order valence-electron chi connectivity index (χ4n) is 1.85. The van der Waals surface area contributed by atoms with Crippen molar-refractivity contribution in [2.45, 2.75) is 19.9 Å². The number of carbonyl (C=O) groups excluding carboxylic acids is 1. The Bertz CT molecular complexity index is 460. The van der Waals surface area contributed by atoms with E-state index in [9.17, 15) is 14.9 Å². The standard InChI is InChI=1S/C13H18N2O4/c1-10(2)14(6-7-19-3)12-5-4-11(9-16)8-13(12)15(17)18/h4-5,8-10H,6-7H2,1-3H3. The van der Waals surface area contributed by atoms with Crippen molar-refractivity contribution >= 4 is 17.7 Å². The van der Waals surface area contributed by atoms with E-state index in [1.54, 1.807) is 19.2 Å².